The molecule has 6 nitrogen and oxygen atoms in total. The summed E-state index contributed by atoms with van der Waals surface area (Å²) in [5.74, 6) is 0.0398. The summed E-state index contributed by atoms with van der Waals surface area (Å²) in [5, 5.41) is 19.9. The van der Waals surface area contributed by atoms with Crippen LogP contribution in [0.4, 0.5) is 0 Å². The van der Waals surface area contributed by atoms with Gasteiger partial charge in [-0.3, -0.25) is 9.78 Å². The number of aromatic nitrogens is 1. The van der Waals surface area contributed by atoms with Crippen LogP contribution in [-0.2, 0) is 4.79 Å². The standard InChI is InChI=1S/C18H20N2O4/c1-20(18(23)8-5-13-4-3-9-19-11-13)12-16(22)14-6-7-15(21)17(10-14)24-2/h3-11,16,21-22H,12H2,1-2H3/b8-5+. The highest BCUT2D eigenvalue weighted by atomic mass is 16.5. The highest BCUT2D eigenvalue weighted by Gasteiger charge is 2.15. The van der Waals surface area contributed by atoms with Crippen molar-refractivity contribution in [2.24, 2.45) is 0 Å². The highest BCUT2D eigenvalue weighted by Crippen LogP contribution is 2.29. The molecule has 126 valence electrons. The van der Waals surface area contributed by atoms with Gasteiger partial charge in [-0.25, -0.2) is 0 Å². The third-order valence-electron chi connectivity index (χ3n) is 3.51. The first kappa shape index (κ1) is 17.5. The van der Waals surface area contributed by atoms with Gasteiger partial charge in [-0.1, -0.05) is 12.1 Å². The van der Waals surface area contributed by atoms with Gasteiger partial charge in [-0.15, -0.1) is 0 Å². The lowest BCUT2D eigenvalue weighted by Gasteiger charge is -2.20. The summed E-state index contributed by atoms with van der Waals surface area (Å²) in [5.41, 5.74) is 1.38. The molecule has 0 aliphatic carbocycles. The predicted octanol–water partition coefficient (Wildman–Crippen LogP) is 2.00. The van der Waals surface area contributed by atoms with Gasteiger partial charge in [0.2, 0.25) is 5.91 Å². The van der Waals surface area contributed by atoms with E-state index in [9.17, 15) is 15.0 Å². The number of aliphatic hydroxyl groups excluding tert-OH is 1. The number of nitrogens with zero attached hydrogens (tertiary/aromatic N) is 2. The maximum Gasteiger partial charge on any atom is 0.246 e. The van der Waals surface area contributed by atoms with Crippen LogP contribution in [0.1, 0.15) is 17.2 Å². The summed E-state index contributed by atoms with van der Waals surface area (Å²) in [6, 6.07) is 8.21. The molecule has 0 saturated carbocycles. The van der Waals surface area contributed by atoms with Crippen LogP contribution >= 0.6 is 0 Å². The number of hydrogen-bond donors (Lipinski definition) is 2. The number of likely N-dealkylation sites (N-methyl/N-ethyl adjacent to an activating group) is 1. The van der Waals surface area contributed by atoms with Crippen molar-refractivity contribution in [1.29, 1.82) is 0 Å². The SMILES string of the molecule is COc1cc(C(O)CN(C)C(=O)/C=C/c2cccnc2)ccc1O. The Morgan fingerprint density at radius 3 is 2.88 bits per heavy atom. The van der Waals surface area contributed by atoms with E-state index in [4.69, 9.17) is 4.74 Å². The molecule has 2 rings (SSSR count). The number of hydrogen-bond acceptors (Lipinski definition) is 5. The van der Waals surface area contributed by atoms with E-state index < -0.39 is 6.10 Å². The Morgan fingerprint density at radius 1 is 1.42 bits per heavy atom. The third kappa shape index (κ3) is 4.57. The monoisotopic (exact) mass is 328 g/mol. The smallest absolute Gasteiger partial charge is 0.246 e. The second-order valence-electron chi connectivity index (χ2n) is 5.29. The lowest BCUT2D eigenvalue weighted by Crippen LogP contribution is -2.29. The van der Waals surface area contributed by atoms with E-state index in [-0.39, 0.29) is 24.0 Å². The number of carbonyl (C=O) groups is 1. The minimum absolute atomic E-state index is 0.00251. The zero-order valence-electron chi connectivity index (χ0n) is 13.6. The number of amides is 1. The third-order valence-corrected chi connectivity index (χ3v) is 3.51. The number of phenolic OH excluding ortho intramolecular Hbond substituents is 1. The Labute approximate surface area is 140 Å². The van der Waals surface area contributed by atoms with Crippen LogP contribution in [0.3, 0.4) is 0 Å². The van der Waals surface area contributed by atoms with E-state index >= 15 is 0 Å². The maximum atomic E-state index is 12.1. The second-order valence-corrected chi connectivity index (χ2v) is 5.29. The van der Waals surface area contributed by atoms with Crippen LogP contribution in [0, 0.1) is 0 Å². The van der Waals surface area contributed by atoms with E-state index in [2.05, 4.69) is 4.98 Å². The van der Waals surface area contributed by atoms with Gasteiger partial charge in [-0.2, -0.15) is 0 Å². The Balaban J connectivity index is 1.99. The van der Waals surface area contributed by atoms with E-state index in [1.165, 1.54) is 24.2 Å². The van der Waals surface area contributed by atoms with Crippen LogP contribution < -0.4 is 4.74 Å². The second kappa shape index (κ2) is 8.12. The number of ether oxygens (including phenoxy) is 1. The molecule has 1 heterocycles. The molecule has 24 heavy (non-hydrogen) atoms. The lowest BCUT2D eigenvalue weighted by molar-refractivity contribution is -0.126. The van der Waals surface area contributed by atoms with E-state index in [0.29, 0.717) is 5.56 Å². The minimum atomic E-state index is -0.889. The Hall–Kier alpha value is -2.86. The summed E-state index contributed by atoms with van der Waals surface area (Å²) in [4.78, 5) is 17.5. The van der Waals surface area contributed by atoms with Crippen molar-refractivity contribution in [3.05, 3.63) is 59.9 Å². The van der Waals surface area contributed by atoms with Gasteiger partial charge in [-0.05, 0) is 35.4 Å². The fourth-order valence-corrected chi connectivity index (χ4v) is 2.13. The number of rotatable bonds is 6. The van der Waals surface area contributed by atoms with Crippen molar-refractivity contribution in [2.45, 2.75) is 6.10 Å². The van der Waals surface area contributed by atoms with Crippen LogP contribution in [0.15, 0.2) is 48.8 Å². The van der Waals surface area contributed by atoms with Gasteiger partial charge in [0.05, 0.1) is 19.8 Å². The zero-order valence-corrected chi connectivity index (χ0v) is 13.6. The van der Waals surface area contributed by atoms with Gasteiger partial charge in [0, 0.05) is 25.5 Å². The normalized spacial score (nSPS) is 12.1. The van der Waals surface area contributed by atoms with Crippen LogP contribution in [0.25, 0.3) is 6.08 Å². The fourth-order valence-electron chi connectivity index (χ4n) is 2.13. The van der Waals surface area contributed by atoms with Crippen molar-refractivity contribution >= 4 is 12.0 Å². The topological polar surface area (TPSA) is 82.9 Å². The number of aliphatic hydroxyl groups is 1. The molecular weight excluding hydrogens is 308 g/mol. The minimum Gasteiger partial charge on any atom is -0.504 e. The highest BCUT2D eigenvalue weighted by molar-refractivity contribution is 5.91. The van der Waals surface area contributed by atoms with Crippen LogP contribution in [0.5, 0.6) is 11.5 Å². The van der Waals surface area contributed by atoms with E-state index in [1.54, 1.807) is 43.7 Å². The molecule has 1 amide bonds. The summed E-state index contributed by atoms with van der Waals surface area (Å²) in [7, 11) is 3.04. The Kier molecular flexibility index (Phi) is 5.92. The van der Waals surface area contributed by atoms with Crippen LogP contribution in [-0.4, -0.2) is 46.7 Å². The summed E-state index contributed by atoms with van der Waals surface area (Å²) < 4.78 is 5.02. The average Bonchev–Trinajstić information content (AvgIpc) is 2.60. The number of phenols is 1. The number of aromatic hydroxyl groups is 1. The molecule has 6 heteroatoms. The average molecular weight is 328 g/mol. The molecule has 0 radical (unpaired) electrons. The number of carbonyl (C=O) groups excluding carboxylic acids is 1. The first-order valence-electron chi connectivity index (χ1n) is 7.39. The van der Waals surface area contributed by atoms with Gasteiger partial charge in [0.15, 0.2) is 11.5 Å². The molecule has 0 saturated heterocycles. The molecule has 1 unspecified atom stereocenters. The quantitative estimate of drug-likeness (QED) is 0.793. The molecule has 1 atom stereocenters. The van der Waals surface area contributed by atoms with Crippen molar-refractivity contribution in [2.75, 3.05) is 20.7 Å². The molecule has 2 aromatic rings. The molecular formula is C18H20N2O4. The number of methoxy groups -OCH3 is 1. The molecule has 0 spiro atoms. The van der Waals surface area contributed by atoms with Gasteiger partial charge >= 0.3 is 0 Å². The number of pyridine rings is 1. The summed E-state index contributed by atoms with van der Waals surface area (Å²) in [6.07, 6.45) is 5.53. The van der Waals surface area contributed by atoms with Gasteiger partial charge in [0.25, 0.3) is 0 Å². The van der Waals surface area contributed by atoms with Crippen molar-refractivity contribution < 1.29 is 19.7 Å². The Morgan fingerprint density at radius 2 is 2.21 bits per heavy atom. The van der Waals surface area contributed by atoms with Gasteiger partial charge < -0.3 is 19.8 Å². The summed E-state index contributed by atoms with van der Waals surface area (Å²) >= 11 is 0. The van der Waals surface area contributed by atoms with Crippen molar-refractivity contribution in [3.8, 4) is 11.5 Å². The molecule has 1 aromatic heterocycles. The molecule has 1 aromatic carbocycles. The molecule has 0 fully saturated rings. The van der Waals surface area contributed by atoms with Crippen molar-refractivity contribution in [1.82, 2.24) is 9.88 Å². The maximum absolute atomic E-state index is 12.1. The fraction of sp³-hybridized carbons (Fsp3) is 0.222. The summed E-state index contributed by atoms with van der Waals surface area (Å²) in [6.45, 7) is 0.115. The molecule has 0 aliphatic heterocycles. The van der Waals surface area contributed by atoms with E-state index in [0.717, 1.165) is 5.56 Å². The molecule has 2 N–H and O–H groups in total. The largest absolute Gasteiger partial charge is 0.504 e. The first-order chi connectivity index (χ1) is 11.5. The molecule has 0 bridgehead atoms. The predicted molar refractivity (Wildman–Crippen MR) is 90.5 cm³/mol. The van der Waals surface area contributed by atoms with Crippen molar-refractivity contribution in [3.63, 3.8) is 0 Å². The lowest BCUT2D eigenvalue weighted by atomic mass is 10.1. The van der Waals surface area contributed by atoms with Crippen LogP contribution in [0.2, 0.25) is 0 Å². The Bertz CT molecular complexity index is 716. The van der Waals surface area contributed by atoms with E-state index in [1.807, 2.05) is 6.07 Å². The van der Waals surface area contributed by atoms with Gasteiger partial charge in [0.1, 0.15) is 0 Å². The molecule has 0 aliphatic rings. The number of benzene rings is 1. The zero-order chi connectivity index (χ0) is 17.5. The first-order valence-corrected chi connectivity index (χ1v) is 7.39.